The van der Waals surface area contributed by atoms with Crippen LogP contribution in [0.3, 0.4) is 0 Å². The molecular weight excluding hydrogens is 342 g/mol. The van der Waals surface area contributed by atoms with Gasteiger partial charge in [-0.25, -0.2) is 0 Å². The molecular formula is C14H19BrClN3O. The third-order valence-electron chi connectivity index (χ3n) is 3.65. The molecule has 1 amide bonds. The third-order valence-corrected chi connectivity index (χ3v) is 4.55. The van der Waals surface area contributed by atoms with Gasteiger partial charge in [0.1, 0.15) is 0 Å². The molecule has 1 aliphatic heterocycles. The van der Waals surface area contributed by atoms with Crippen LogP contribution in [0.15, 0.2) is 22.7 Å². The zero-order chi connectivity index (χ0) is 14.7. The lowest BCUT2D eigenvalue weighted by Gasteiger charge is -2.37. The number of nitrogens with one attached hydrogen (secondary N) is 1. The Balaban J connectivity index is 1.94. The van der Waals surface area contributed by atoms with Gasteiger partial charge >= 0.3 is 0 Å². The van der Waals surface area contributed by atoms with Crippen LogP contribution in [0.1, 0.15) is 10.4 Å². The molecule has 6 heteroatoms. The molecule has 1 N–H and O–H groups in total. The minimum Gasteiger partial charge on any atom is -0.350 e. The number of piperazine rings is 1. The zero-order valence-electron chi connectivity index (χ0n) is 11.7. The van der Waals surface area contributed by atoms with Crippen LogP contribution in [0.2, 0.25) is 5.02 Å². The van der Waals surface area contributed by atoms with E-state index in [1.54, 1.807) is 18.2 Å². The molecule has 1 unspecified atom stereocenters. The number of nitrogens with zero attached hydrogens (tertiary/aromatic N) is 2. The van der Waals surface area contributed by atoms with Gasteiger partial charge in [0.2, 0.25) is 0 Å². The van der Waals surface area contributed by atoms with E-state index in [2.05, 4.69) is 45.1 Å². The number of hydrogen-bond acceptors (Lipinski definition) is 3. The van der Waals surface area contributed by atoms with Crippen LogP contribution in [0.4, 0.5) is 0 Å². The van der Waals surface area contributed by atoms with E-state index in [-0.39, 0.29) is 5.91 Å². The summed E-state index contributed by atoms with van der Waals surface area (Å²) < 4.78 is 0.719. The van der Waals surface area contributed by atoms with Crippen LogP contribution >= 0.6 is 27.5 Å². The maximum Gasteiger partial charge on any atom is 0.252 e. The highest BCUT2D eigenvalue weighted by Crippen LogP contribution is 2.21. The largest absolute Gasteiger partial charge is 0.350 e. The van der Waals surface area contributed by atoms with E-state index in [1.165, 1.54) is 0 Å². The number of halogens is 2. The third kappa shape index (κ3) is 3.95. The van der Waals surface area contributed by atoms with Gasteiger partial charge in [-0.15, -0.1) is 0 Å². The highest BCUT2D eigenvalue weighted by Gasteiger charge is 2.22. The molecule has 1 aliphatic rings. The summed E-state index contributed by atoms with van der Waals surface area (Å²) in [4.78, 5) is 16.8. The first-order chi connectivity index (χ1) is 9.47. The number of carbonyl (C=O) groups is 1. The lowest BCUT2D eigenvalue weighted by Crippen LogP contribution is -2.54. The van der Waals surface area contributed by atoms with Crippen molar-refractivity contribution in [3.05, 3.63) is 33.3 Å². The number of benzene rings is 1. The molecule has 110 valence electrons. The maximum absolute atomic E-state index is 12.2. The molecule has 1 atom stereocenters. The van der Waals surface area contributed by atoms with Crippen LogP contribution in [0.25, 0.3) is 0 Å². The molecule has 0 spiro atoms. The van der Waals surface area contributed by atoms with Crippen molar-refractivity contribution in [3.8, 4) is 0 Å². The first kappa shape index (κ1) is 15.8. The van der Waals surface area contributed by atoms with Crippen LogP contribution in [-0.2, 0) is 0 Å². The van der Waals surface area contributed by atoms with E-state index >= 15 is 0 Å². The summed E-state index contributed by atoms with van der Waals surface area (Å²) in [5, 5.41) is 3.61. The van der Waals surface area contributed by atoms with Gasteiger partial charge in [-0.1, -0.05) is 11.6 Å². The van der Waals surface area contributed by atoms with E-state index in [0.29, 0.717) is 23.2 Å². The fraction of sp³-hybridized carbons (Fsp3) is 0.500. The number of hydrogen-bond donors (Lipinski definition) is 1. The quantitative estimate of drug-likeness (QED) is 0.896. The van der Waals surface area contributed by atoms with E-state index < -0.39 is 0 Å². The summed E-state index contributed by atoms with van der Waals surface area (Å²) >= 11 is 9.25. The van der Waals surface area contributed by atoms with Crippen molar-refractivity contribution in [2.45, 2.75) is 6.04 Å². The molecule has 1 aromatic rings. The fourth-order valence-electron chi connectivity index (χ4n) is 2.30. The second-order valence-electron chi connectivity index (χ2n) is 5.23. The highest BCUT2D eigenvalue weighted by atomic mass is 79.9. The van der Waals surface area contributed by atoms with Gasteiger partial charge in [0.15, 0.2) is 0 Å². The summed E-state index contributed by atoms with van der Waals surface area (Å²) in [6.07, 6.45) is 0. The van der Waals surface area contributed by atoms with E-state index in [9.17, 15) is 4.79 Å². The van der Waals surface area contributed by atoms with Crippen molar-refractivity contribution < 1.29 is 4.79 Å². The van der Waals surface area contributed by atoms with Crippen LogP contribution in [0.5, 0.6) is 0 Å². The Morgan fingerprint density at radius 3 is 2.90 bits per heavy atom. The number of amides is 1. The summed E-state index contributed by atoms with van der Waals surface area (Å²) in [6.45, 7) is 3.72. The van der Waals surface area contributed by atoms with Gasteiger partial charge in [0.25, 0.3) is 5.91 Å². The summed E-state index contributed by atoms with van der Waals surface area (Å²) in [6, 6.07) is 5.54. The van der Waals surface area contributed by atoms with Crippen LogP contribution in [0, 0.1) is 0 Å². The van der Waals surface area contributed by atoms with Crippen molar-refractivity contribution in [2.24, 2.45) is 0 Å². The molecule has 1 heterocycles. The molecule has 1 saturated heterocycles. The lowest BCUT2D eigenvalue weighted by molar-refractivity contribution is 0.0880. The summed E-state index contributed by atoms with van der Waals surface area (Å²) in [5.41, 5.74) is 0.612. The Hall–Kier alpha value is -0.620. The highest BCUT2D eigenvalue weighted by molar-refractivity contribution is 9.10. The Bertz CT molecular complexity index is 497. The number of carbonyl (C=O) groups excluding carboxylic acids is 1. The van der Waals surface area contributed by atoms with Gasteiger partial charge in [-0.05, 0) is 48.2 Å². The molecule has 0 aliphatic carbocycles. The van der Waals surface area contributed by atoms with Gasteiger partial charge < -0.3 is 10.2 Å². The monoisotopic (exact) mass is 359 g/mol. The Morgan fingerprint density at radius 1 is 1.45 bits per heavy atom. The van der Waals surface area contributed by atoms with E-state index in [4.69, 9.17) is 11.6 Å². The van der Waals surface area contributed by atoms with Crippen molar-refractivity contribution in [1.29, 1.82) is 0 Å². The smallest absolute Gasteiger partial charge is 0.252 e. The molecule has 0 radical (unpaired) electrons. The Labute approximate surface area is 133 Å². The molecule has 0 bridgehead atoms. The fourth-order valence-corrected chi connectivity index (χ4v) is 3.16. The minimum atomic E-state index is -0.0739. The predicted molar refractivity (Wildman–Crippen MR) is 85.4 cm³/mol. The molecule has 2 rings (SSSR count). The van der Waals surface area contributed by atoms with Crippen molar-refractivity contribution in [3.63, 3.8) is 0 Å². The van der Waals surface area contributed by atoms with E-state index in [0.717, 1.165) is 24.1 Å². The average Bonchev–Trinajstić information content (AvgIpc) is 2.39. The predicted octanol–water partition coefficient (Wildman–Crippen LogP) is 2.08. The number of likely N-dealkylation sites (N-methyl/N-ethyl adjacent to an activating group) is 2. The van der Waals surface area contributed by atoms with Crippen molar-refractivity contribution >= 4 is 33.4 Å². The maximum atomic E-state index is 12.2. The van der Waals surface area contributed by atoms with Crippen molar-refractivity contribution in [2.75, 3.05) is 40.3 Å². The average molecular weight is 361 g/mol. The van der Waals surface area contributed by atoms with Gasteiger partial charge in [0, 0.05) is 41.7 Å². The molecule has 0 aromatic heterocycles. The second-order valence-corrected chi connectivity index (χ2v) is 6.52. The normalized spacial score (nSPS) is 20.9. The SMILES string of the molecule is CN1CCN(C)C(CNC(=O)c2ccc(Cl)cc2Br)C1. The van der Waals surface area contributed by atoms with E-state index in [1.807, 2.05) is 0 Å². The topological polar surface area (TPSA) is 35.6 Å². The van der Waals surface area contributed by atoms with Gasteiger partial charge in [0.05, 0.1) is 5.56 Å². The Kier molecular flexibility index (Phi) is 5.43. The first-order valence-electron chi connectivity index (χ1n) is 6.59. The summed E-state index contributed by atoms with van der Waals surface area (Å²) in [7, 11) is 4.21. The molecule has 4 nitrogen and oxygen atoms in total. The minimum absolute atomic E-state index is 0.0739. The van der Waals surface area contributed by atoms with Gasteiger partial charge in [-0.2, -0.15) is 0 Å². The zero-order valence-corrected chi connectivity index (χ0v) is 14.0. The first-order valence-corrected chi connectivity index (χ1v) is 7.76. The van der Waals surface area contributed by atoms with Gasteiger partial charge in [-0.3, -0.25) is 9.69 Å². The second kappa shape index (κ2) is 6.89. The summed E-state index contributed by atoms with van der Waals surface area (Å²) in [5.74, 6) is -0.0739. The van der Waals surface area contributed by atoms with Crippen LogP contribution in [-0.4, -0.2) is 62.0 Å². The number of rotatable bonds is 3. The molecule has 20 heavy (non-hydrogen) atoms. The Morgan fingerprint density at radius 2 is 2.20 bits per heavy atom. The van der Waals surface area contributed by atoms with Crippen LogP contribution < -0.4 is 5.32 Å². The molecule has 0 saturated carbocycles. The molecule has 1 fully saturated rings. The van der Waals surface area contributed by atoms with Crippen molar-refractivity contribution in [1.82, 2.24) is 15.1 Å². The lowest BCUT2D eigenvalue weighted by atomic mass is 10.1. The molecule has 1 aromatic carbocycles. The standard InChI is InChI=1S/C14H19BrClN3O/c1-18-5-6-19(2)11(9-18)8-17-14(20)12-4-3-10(16)7-13(12)15/h3-4,7,11H,5-6,8-9H2,1-2H3,(H,17,20).